The zero-order valence-electron chi connectivity index (χ0n) is 12.2. The Balaban J connectivity index is 2.25. The molecule has 1 saturated heterocycles. The lowest BCUT2D eigenvalue weighted by Gasteiger charge is -2.21. The molecule has 0 radical (unpaired) electrons. The van der Waals surface area contributed by atoms with Crippen molar-refractivity contribution >= 4 is 23.5 Å². The number of nitrogens with one attached hydrogen (secondary N) is 1. The molecule has 0 spiro atoms. The smallest absolute Gasteiger partial charge is 0.328 e. The predicted octanol–water partition coefficient (Wildman–Crippen LogP) is 2.08. The van der Waals surface area contributed by atoms with Crippen molar-refractivity contribution in [1.82, 2.24) is 5.32 Å². The van der Waals surface area contributed by atoms with E-state index in [9.17, 15) is 9.59 Å². The lowest BCUT2D eigenvalue weighted by Crippen LogP contribution is -2.41. The minimum absolute atomic E-state index is 0.330. The first-order chi connectivity index (χ1) is 9.95. The van der Waals surface area contributed by atoms with E-state index in [0.717, 1.165) is 16.7 Å². The first-order valence-corrected chi connectivity index (χ1v) is 7.09. The van der Waals surface area contributed by atoms with Crippen LogP contribution in [-0.2, 0) is 19.1 Å². The molecule has 1 N–H and O–H groups in total. The molecule has 5 nitrogen and oxygen atoms in total. The van der Waals surface area contributed by atoms with Crippen molar-refractivity contribution in [1.29, 1.82) is 0 Å². The third-order valence-corrected chi connectivity index (χ3v) is 4.06. The molecule has 0 aliphatic carbocycles. The zero-order chi connectivity index (χ0) is 15.6. The third kappa shape index (κ3) is 3.19. The van der Waals surface area contributed by atoms with Gasteiger partial charge in [0.05, 0.1) is 6.61 Å². The van der Waals surface area contributed by atoms with Gasteiger partial charge in [-0.3, -0.25) is 4.79 Å². The summed E-state index contributed by atoms with van der Waals surface area (Å²) in [5.41, 5.74) is 2.44. The van der Waals surface area contributed by atoms with Gasteiger partial charge in [0, 0.05) is 18.6 Å². The highest BCUT2D eigenvalue weighted by Crippen LogP contribution is 2.30. The Kier molecular flexibility index (Phi) is 4.85. The minimum Gasteiger partial charge on any atom is -0.464 e. The minimum atomic E-state index is -0.808. The van der Waals surface area contributed by atoms with E-state index in [2.05, 4.69) is 5.32 Å². The molecule has 2 rings (SSSR count). The van der Waals surface area contributed by atoms with Crippen LogP contribution in [-0.4, -0.2) is 31.6 Å². The fourth-order valence-electron chi connectivity index (χ4n) is 2.47. The number of hydrogen-bond donors (Lipinski definition) is 1. The Bertz CT molecular complexity index is 573. The lowest BCUT2D eigenvalue weighted by atomic mass is 9.97. The number of carbonyl (C=O) groups is 2. The van der Waals surface area contributed by atoms with Gasteiger partial charge in [-0.15, -0.1) is 0 Å². The quantitative estimate of drug-likeness (QED) is 0.865. The third-order valence-electron chi connectivity index (χ3n) is 3.65. The van der Waals surface area contributed by atoms with Crippen molar-refractivity contribution in [3.63, 3.8) is 0 Å². The summed E-state index contributed by atoms with van der Waals surface area (Å²) in [7, 11) is 1.46. The van der Waals surface area contributed by atoms with Gasteiger partial charge in [-0.1, -0.05) is 17.7 Å². The number of methoxy groups -OCH3 is 1. The van der Waals surface area contributed by atoms with Gasteiger partial charge in [0.2, 0.25) is 0 Å². The Labute approximate surface area is 128 Å². The van der Waals surface area contributed by atoms with Crippen LogP contribution in [0.25, 0.3) is 0 Å². The highest BCUT2D eigenvalue weighted by atomic mass is 35.5. The Morgan fingerprint density at radius 3 is 2.76 bits per heavy atom. The van der Waals surface area contributed by atoms with Crippen LogP contribution >= 0.6 is 11.6 Å². The number of benzene rings is 1. The average molecular weight is 312 g/mol. The van der Waals surface area contributed by atoms with Crippen molar-refractivity contribution < 1.29 is 19.1 Å². The number of hydrogen-bond acceptors (Lipinski definition) is 4. The number of ether oxygens (including phenoxy) is 2. The number of amides is 1. The molecule has 1 amide bonds. The molecule has 0 bridgehead atoms. The number of carbonyl (C=O) groups excluding carboxylic acids is 2. The molecule has 1 aromatic carbocycles. The highest BCUT2D eigenvalue weighted by Gasteiger charge is 2.32. The summed E-state index contributed by atoms with van der Waals surface area (Å²) >= 11 is 6.12. The number of rotatable bonds is 4. The van der Waals surface area contributed by atoms with Gasteiger partial charge in [0.15, 0.2) is 6.10 Å². The van der Waals surface area contributed by atoms with E-state index in [-0.39, 0.29) is 5.91 Å². The second-order valence-electron chi connectivity index (χ2n) is 5.04. The largest absolute Gasteiger partial charge is 0.464 e. The number of halogens is 1. The van der Waals surface area contributed by atoms with E-state index in [1.165, 1.54) is 7.11 Å². The topological polar surface area (TPSA) is 64.6 Å². The molecule has 2 unspecified atom stereocenters. The molecule has 2 atom stereocenters. The summed E-state index contributed by atoms with van der Waals surface area (Å²) in [4.78, 5) is 23.9. The Morgan fingerprint density at radius 1 is 1.48 bits per heavy atom. The van der Waals surface area contributed by atoms with Crippen LogP contribution in [0.1, 0.15) is 29.2 Å². The number of aryl methyl sites for hydroxylation is 1. The summed E-state index contributed by atoms with van der Waals surface area (Å²) in [5.74, 6) is -0.771. The molecule has 6 heteroatoms. The molecule has 0 saturated carbocycles. The van der Waals surface area contributed by atoms with Crippen LogP contribution in [0.15, 0.2) is 12.1 Å². The fourth-order valence-corrected chi connectivity index (χ4v) is 2.64. The van der Waals surface area contributed by atoms with Crippen LogP contribution in [0.2, 0.25) is 5.02 Å². The zero-order valence-corrected chi connectivity index (χ0v) is 13.0. The molecule has 1 fully saturated rings. The normalized spacial score (nSPS) is 19.2. The second-order valence-corrected chi connectivity index (χ2v) is 5.44. The van der Waals surface area contributed by atoms with Gasteiger partial charge >= 0.3 is 5.97 Å². The van der Waals surface area contributed by atoms with E-state index < -0.39 is 18.1 Å². The monoisotopic (exact) mass is 311 g/mol. The first-order valence-electron chi connectivity index (χ1n) is 6.71. The van der Waals surface area contributed by atoms with Crippen LogP contribution in [0.4, 0.5) is 0 Å². The van der Waals surface area contributed by atoms with Crippen molar-refractivity contribution in [3.8, 4) is 0 Å². The molecule has 0 aromatic heterocycles. The summed E-state index contributed by atoms with van der Waals surface area (Å²) in [6, 6.07) is 3.03. The van der Waals surface area contributed by atoms with Crippen molar-refractivity contribution in [2.75, 3.05) is 13.7 Å². The van der Waals surface area contributed by atoms with Gasteiger partial charge in [0.25, 0.3) is 5.91 Å². The molecule has 1 heterocycles. The van der Waals surface area contributed by atoms with Crippen LogP contribution in [0.3, 0.4) is 0 Å². The number of cyclic esters (lactones) is 1. The van der Waals surface area contributed by atoms with Gasteiger partial charge in [0.1, 0.15) is 6.04 Å². The van der Waals surface area contributed by atoms with Crippen molar-refractivity contribution in [3.05, 3.63) is 33.8 Å². The fraction of sp³-hybridized carbons (Fsp3) is 0.467. The van der Waals surface area contributed by atoms with Gasteiger partial charge in [-0.05, 0) is 36.6 Å². The number of esters is 1. The Morgan fingerprint density at radius 2 is 2.19 bits per heavy atom. The standard InChI is InChI=1S/C15H18ClNO4/c1-8-4-5-10(16)9(2)12(8)13(20-3)14(18)17-11-6-7-21-15(11)19/h4-5,11,13H,6-7H2,1-3H3,(H,17,18). The van der Waals surface area contributed by atoms with Crippen LogP contribution < -0.4 is 5.32 Å². The maximum Gasteiger partial charge on any atom is 0.328 e. The van der Waals surface area contributed by atoms with E-state index in [0.29, 0.717) is 18.1 Å². The second kappa shape index (κ2) is 6.45. The van der Waals surface area contributed by atoms with Gasteiger partial charge in [-0.2, -0.15) is 0 Å². The molecule has 1 aliphatic heterocycles. The van der Waals surface area contributed by atoms with Crippen LogP contribution in [0.5, 0.6) is 0 Å². The van der Waals surface area contributed by atoms with E-state index in [1.807, 2.05) is 19.9 Å². The molecule has 114 valence electrons. The molecular formula is C15H18ClNO4. The summed E-state index contributed by atoms with van der Waals surface area (Å²) < 4.78 is 10.2. The summed E-state index contributed by atoms with van der Waals surface area (Å²) in [6.07, 6.45) is -0.328. The van der Waals surface area contributed by atoms with Crippen molar-refractivity contribution in [2.24, 2.45) is 0 Å². The van der Waals surface area contributed by atoms with E-state index in [4.69, 9.17) is 21.1 Å². The first kappa shape index (κ1) is 15.8. The molecule has 1 aliphatic rings. The van der Waals surface area contributed by atoms with Crippen molar-refractivity contribution in [2.45, 2.75) is 32.4 Å². The highest BCUT2D eigenvalue weighted by molar-refractivity contribution is 6.31. The predicted molar refractivity (Wildman–Crippen MR) is 78.2 cm³/mol. The van der Waals surface area contributed by atoms with Gasteiger partial charge in [-0.25, -0.2) is 4.79 Å². The molecule has 1 aromatic rings. The molecular weight excluding hydrogens is 294 g/mol. The molecule has 21 heavy (non-hydrogen) atoms. The average Bonchev–Trinajstić information content (AvgIpc) is 2.84. The van der Waals surface area contributed by atoms with E-state index >= 15 is 0 Å². The summed E-state index contributed by atoms with van der Waals surface area (Å²) in [6.45, 7) is 4.06. The maximum atomic E-state index is 12.4. The maximum absolute atomic E-state index is 12.4. The van der Waals surface area contributed by atoms with Crippen LogP contribution in [0, 0.1) is 13.8 Å². The van der Waals surface area contributed by atoms with Gasteiger partial charge < -0.3 is 14.8 Å². The van der Waals surface area contributed by atoms with E-state index in [1.54, 1.807) is 6.07 Å². The SMILES string of the molecule is COC(C(=O)NC1CCOC1=O)c1c(C)ccc(Cl)c1C. The Hall–Kier alpha value is -1.59. The summed E-state index contributed by atoms with van der Waals surface area (Å²) in [5, 5.41) is 3.25. The lowest BCUT2D eigenvalue weighted by molar-refractivity contribution is -0.143.